The van der Waals surface area contributed by atoms with Crippen LogP contribution in [0.3, 0.4) is 0 Å². The average Bonchev–Trinajstić information content (AvgIpc) is 3.04. The molecule has 2 N–H and O–H groups in total. The fourth-order valence-corrected chi connectivity index (χ4v) is 2.41. The first-order chi connectivity index (χ1) is 10.1. The Labute approximate surface area is 121 Å². The molecule has 0 unspecified atom stereocenters. The van der Waals surface area contributed by atoms with E-state index in [2.05, 4.69) is 0 Å². The number of amides is 1. The van der Waals surface area contributed by atoms with Gasteiger partial charge in [-0.15, -0.1) is 0 Å². The molecule has 6 nitrogen and oxygen atoms in total. The van der Waals surface area contributed by atoms with E-state index in [4.69, 9.17) is 9.15 Å². The molecule has 0 radical (unpaired) electrons. The van der Waals surface area contributed by atoms with Crippen LogP contribution in [0.1, 0.15) is 12.8 Å². The highest BCUT2D eigenvalue weighted by atomic mass is 16.5. The van der Waals surface area contributed by atoms with Gasteiger partial charge in [-0.05, 0) is 18.6 Å². The molecule has 0 spiro atoms. The Morgan fingerprint density at radius 1 is 1.29 bits per heavy atom. The Bertz CT molecular complexity index is 691. The maximum Gasteiger partial charge on any atom is 0.249 e. The Hall–Kier alpha value is -2.63. The van der Waals surface area contributed by atoms with Gasteiger partial charge < -0.3 is 19.4 Å². The van der Waals surface area contributed by atoms with Crippen LogP contribution in [-0.2, 0) is 4.79 Å². The van der Waals surface area contributed by atoms with E-state index in [1.54, 1.807) is 24.3 Å². The van der Waals surface area contributed by atoms with Gasteiger partial charge in [0, 0.05) is 18.5 Å². The molecule has 1 aromatic carbocycles. The molecule has 21 heavy (non-hydrogen) atoms. The van der Waals surface area contributed by atoms with E-state index < -0.39 is 5.75 Å². The first-order valence-corrected chi connectivity index (χ1v) is 6.61. The lowest BCUT2D eigenvalue weighted by Gasteiger charge is -2.11. The van der Waals surface area contributed by atoms with E-state index in [9.17, 15) is 15.0 Å². The van der Waals surface area contributed by atoms with Crippen LogP contribution in [0.2, 0.25) is 0 Å². The maximum absolute atomic E-state index is 11.7. The summed E-state index contributed by atoms with van der Waals surface area (Å²) in [5, 5.41) is 20.1. The number of anilines is 1. The minimum Gasteiger partial charge on any atom is -0.502 e. The predicted molar refractivity (Wildman–Crippen MR) is 75.6 cm³/mol. The molecule has 1 aliphatic heterocycles. The molecule has 1 amide bonds. The van der Waals surface area contributed by atoms with Gasteiger partial charge in [0.05, 0.1) is 7.11 Å². The number of rotatable bonds is 3. The summed E-state index contributed by atoms with van der Waals surface area (Å²) in [6, 6.07) is 6.89. The summed E-state index contributed by atoms with van der Waals surface area (Å²) in [7, 11) is 1.53. The molecule has 0 bridgehead atoms. The number of benzene rings is 1. The molecule has 1 aliphatic rings. The number of carbonyl (C=O) groups is 1. The van der Waals surface area contributed by atoms with Gasteiger partial charge in [-0.25, -0.2) is 0 Å². The van der Waals surface area contributed by atoms with Crippen molar-refractivity contribution < 1.29 is 24.2 Å². The molecule has 1 aromatic heterocycles. The summed E-state index contributed by atoms with van der Waals surface area (Å²) in [5.41, 5.74) is 0.556. The Kier molecular flexibility index (Phi) is 3.21. The zero-order valence-corrected chi connectivity index (χ0v) is 11.5. The van der Waals surface area contributed by atoms with Crippen LogP contribution >= 0.6 is 0 Å². The van der Waals surface area contributed by atoms with Crippen LogP contribution in [0.15, 0.2) is 28.7 Å². The molecule has 1 fully saturated rings. The van der Waals surface area contributed by atoms with E-state index in [-0.39, 0.29) is 23.3 Å². The highest BCUT2D eigenvalue weighted by molar-refractivity contribution is 5.96. The third-order valence-corrected chi connectivity index (χ3v) is 3.49. The summed E-state index contributed by atoms with van der Waals surface area (Å²) >= 11 is 0. The van der Waals surface area contributed by atoms with Gasteiger partial charge in [-0.1, -0.05) is 12.1 Å². The van der Waals surface area contributed by atoms with Crippen LogP contribution in [0.5, 0.6) is 17.2 Å². The van der Waals surface area contributed by atoms with E-state index in [1.807, 2.05) is 0 Å². The van der Waals surface area contributed by atoms with Gasteiger partial charge in [0.1, 0.15) is 5.75 Å². The summed E-state index contributed by atoms with van der Waals surface area (Å²) in [6.07, 6.45) is 1.11. The van der Waals surface area contributed by atoms with Crippen molar-refractivity contribution in [3.05, 3.63) is 24.3 Å². The second kappa shape index (κ2) is 5.05. The van der Waals surface area contributed by atoms with Crippen LogP contribution in [0.4, 0.5) is 5.88 Å². The number of furan rings is 1. The van der Waals surface area contributed by atoms with Crippen molar-refractivity contribution in [1.29, 1.82) is 0 Å². The highest BCUT2D eigenvalue weighted by Crippen LogP contribution is 2.47. The van der Waals surface area contributed by atoms with Crippen molar-refractivity contribution in [2.75, 3.05) is 18.6 Å². The van der Waals surface area contributed by atoms with Crippen molar-refractivity contribution in [3.8, 4) is 28.6 Å². The van der Waals surface area contributed by atoms with Gasteiger partial charge in [0.25, 0.3) is 0 Å². The molecule has 2 heterocycles. The molecule has 2 aromatic rings. The van der Waals surface area contributed by atoms with Crippen molar-refractivity contribution in [2.24, 2.45) is 0 Å². The largest absolute Gasteiger partial charge is 0.502 e. The van der Waals surface area contributed by atoms with Gasteiger partial charge in [-0.3, -0.25) is 9.69 Å². The highest BCUT2D eigenvalue weighted by Gasteiger charge is 2.31. The standard InChI is InChI=1S/C15H15NO5/c1-20-10-5-2-4-9(8-10)14-12(18)13(19)15(21-14)16-7-3-6-11(16)17/h2,4-5,8,18-19H,3,6-7H2,1H3. The average molecular weight is 289 g/mol. The second-order valence-electron chi connectivity index (χ2n) is 4.81. The minimum absolute atomic E-state index is 0.00665. The number of ether oxygens (including phenoxy) is 1. The lowest BCUT2D eigenvalue weighted by atomic mass is 10.1. The quantitative estimate of drug-likeness (QED) is 0.907. The molecule has 6 heteroatoms. The summed E-state index contributed by atoms with van der Waals surface area (Å²) < 4.78 is 10.7. The van der Waals surface area contributed by atoms with Crippen LogP contribution in [-0.4, -0.2) is 29.8 Å². The molecule has 3 rings (SSSR count). The summed E-state index contributed by atoms with van der Waals surface area (Å²) in [5.74, 6) is -0.215. The molecule has 0 atom stereocenters. The maximum atomic E-state index is 11.7. The van der Waals surface area contributed by atoms with Gasteiger partial charge in [0.15, 0.2) is 5.76 Å². The first-order valence-electron chi connectivity index (χ1n) is 6.61. The second-order valence-corrected chi connectivity index (χ2v) is 4.81. The molecule has 0 saturated carbocycles. The fourth-order valence-electron chi connectivity index (χ4n) is 2.41. The fraction of sp³-hybridized carbons (Fsp3) is 0.267. The van der Waals surface area contributed by atoms with E-state index in [1.165, 1.54) is 12.0 Å². The SMILES string of the molecule is COc1cccc(-c2oc(N3CCCC3=O)c(O)c2O)c1. The topological polar surface area (TPSA) is 83.1 Å². The Balaban J connectivity index is 2.05. The van der Waals surface area contributed by atoms with Crippen LogP contribution in [0, 0.1) is 0 Å². The van der Waals surface area contributed by atoms with Gasteiger partial charge in [0.2, 0.25) is 23.3 Å². The predicted octanol–water partition coefficient (Wildman–Crippen LogP) is 2.49. The monoisotopic (exact) mass is 289 g/mol. The first kappa shape index (κ1) is 13.4. The molecular weight excluding hydrogens is 274 g/mol. The summed E-state index contributed by atoms with van der Waals surface area (Å²) in [4.78, 5) is 13.1. The van der Waals surface area contributed by atoms with Crippen molar-refractivity contribution in [3.63, 3.8) is 0 Å². The minimum atomic E-state index is -0.414. The van der Waals surface area contributed by atoms with Crippen LogP contribution < -0.4 is 9.64 Å². The normalized spacial score (nSPS) is 14.7. The van der Waals surface area contributed by atoms with E-state index >= 15 is 0 Å². The van der Waals surface area contributed by atoms with Crippen molar-refractivity contribution in [2.45, 2.75) is 12.8 Å². The van der Waals surface area contributed by atoms with Crippen molar-refractivity contribution in [1.82, 2.24) is 0 Å². The zero-order valence-electron chi connectivity index (χ0n) is 11.5. The number of aromatic hydroxyl groups is 2. The number of hydrogen-bond donors (Lipinski definition) is 2. The number of carbonyl (C=O) groups excluding carboxylic acids is 1. The lowest BCUT2D eigenvalue weighted by Crippen LogP contribution is -2.23. The van der Waals surface area contributed by atoms with E-state index in [0.717, 1.165) is 0 Å². The zero-order chi connectivity index (χ0) is 15.0. The number of nitrogens with zero attached hydrogens (tertiary/aromatic N) is 1. The molecule has 1 saturated heterocycles. The third-order valence-electron chi connectivity index (χ3n) is 3.49. The number of hydrogen-bond acceptors (Lipinski definition) is 5. The van der Waals surface area contributed by atoms with Gasteiger partial charge in [-0.2, -0.15) is 0 Å². The smallest absolute Gasteiger partial charge is 0.249 e. The third kappa shape index (κ3) is 2.18. The Morgan fingerprint density at radius 2 is 2.10 bits per heavy atom. The molecule has 110 valence electrons. The van der Waals surface area contributed by atoms with E-state index in [0.29, 0.717) is 30.7 Å². The Morgan fingerprint density at radius 3 is 2.76 bits per heavy atom. The molecular formula is C15H15NO5. The number of methoxy groups -OCH3 is 1. The summed E-state index contributed by atoms with van der Waals surface area (Å²) in [6.45, 7) is 0.469. The van der Waals surface area contributed by atoms with Crippen LogP contribution in [0.25, 0.3) is 11.3 Å². The molecule has 0 aliphatic carbocycles. The van der Waals surface area contributed by atoms with Gasteiger partial charge >= 0.3 is 0 Å². The lowest BCUT2D eigenvalue weighted by molar-refractivity contribution is -0.117. The van der Waals surface area contributed by atoms with Crippen molar-refractivity contribution >= 4 is 11.8 Å².